The van der Waals surface area contributed by atoms with E-state index >= 15 is 0 Å². The van der Waals surface area contributed by atoms with E-state index in [0.29, 0.717) is 10.2 Å². The Hall–Kier alpha value is -0.660. The van der Waals surface area contributed by atoms with Gasteiger partial charge < -0.3 is 5.73 Å². The third-order valence-corrected chi connectivity index (χ3v) is 5.53. The molecule has 0 radical (unpaired) electrons. The third kappa shape index (κ3) is 3.76. The molecule has 0 fully saturated rings. The fraction of sp³-hybridized carbons (Fsp3) is 0. The molecule has 112 valence electrons. The number of nitrogens with two attached hydrogens (primary N) is 1. The van der Waals surface area contributed by atoms with Crippen LogP contribution in [0.25, 0.3) is 0 Å². The van der Waals surface area contributed by atoms with Crippen molar-refractivity contribution in [2.24, 2.45) is 0 Å². The smallest absolute Gasteiger partial charge is 0.264 e. The first-order valence-corrected chi connectivity index (χ1v) is 8.84. The molecule has 0 unspecified atom stereocenters. The van der Waals surface area contributed by atoms with E-state index in [4.69, 9.17) is 40.5 Å². The Morgan fingerprint density at radius 1 is 1.00 bits per heavy atom. The molecule has 21 heavy (non-hydrogen) atoms. The normalized spacial score (nSPS) is 11.4. The molecule has 0 spiro atoms. The van der Waals surface area contributed by atoms with Crippen LogP contribution in [0, 0.1) is 0 Å². The fourth-order valence-electron chi connectivity index (χ4n) is 1.60. The molecule has 0 saturated heterocycles. The van der Waals surface area contributed by atoms with Crippen LogP contribution in [0.15, 0.2) is 39.7 Å². The summed E-state index contributed by atoms with van der Waals surface area (Å²) in [6, 6.07) is 7.29. The lowest BCUT2D eigenvalue weighted by Crippen LogP contribution is -2.14. The van der Waals surface area contributed by atoms with Crippen LogP contribution >= 0.6 is 50.7 Å². The van der Waals surface area contributed by atoms with Crippen molar-refractivity contribution >= 4 is 72.1 Å². The summed E-state index contributed by atoms with van der Waals surface area (Å²) in [6.07, 6.45) is 0. The number of anilines is 2. The van der Waals surface area contributed by atoms with Crippen molar-refractivity contribution < 1.29 is 8.42 Å². The zero-order valence-corrected chi connectivity index (χ0v) is 14.9. The largest absolute Gasteiger partial charge is 0.399 e. The van der Waals surface area contributed by atoms with Gasteiger partial charge in [0.05, 0.1) is 20.8 Å². The lowest BCUT2D eigenvalue weighted by Gasteiger charge is -2.12. The van der Waals surface area contributed by atoms with E-state index in [0.717, 1.165) is 0 Å². The second kappa shape index (κ2) is 6.22. The van der Waals surface area contributed by atoms with E-state index < -0.39 is 10.0 Å². The SMILES string of the molecule is Nc1ccc(NS(=O)(=O)c2c(Cl)cc(Br)cc2Cl)c(Cl)c1. The molecule has 2 rings (SSSR count). The van der Waals surface area contributed by atoms with E-state index in [-0.39, 0.29) is 25.7 Å². The summed E-state index contributed by atoms with van der Waals surface area (Å²) in [5.74, 6) is 0. The van der Waals surface area contributed by atoms with Crippen molar-refractivity contribution in [2.75, 3.05) is 10.5 Å². The second-order valence-electron chi connectivity index (χ2n) is 4.04. The number of rotatable bonds is 3. The summed E-state index contributed by atoms with van der Waals surface area (Å²) in [4.78, 5) is -0.220. The number of hydrogen-bond acceptors (Lipinski definition) is 3. The zero-order valence-electron chi connectivity index (χ0n) is 10.2. The van der Waals surface area contributed by atoms with Gasteiger partial charge in [0.1, 0.15) is 4.90 Å². The first-order valence-electron chi connectivity index (χ1n) is 5.43. The first kappa shape index (κ1) is 16.7. The van der Waals surface area contributed by atoms with E-state index in [2.05, 4.69) is 20.7 Å². The average molecular weight is 431 g/mol. The Bertz CT molecular complexity index is 789. The number of benzene rings is 2. The summed E-state index contributed by atoms with van der Waals surface area (Å²) in [5.41, 5.74) is 6.16. The molecular weight excluding hydrogens is 422 g/mol. The number of nitrogens with one attached hydrogen (secondary N) is 1. The van der Waals surface area contributed by atoms with Gasteiger partial charge in [0.15, 0.2) is 0 Å². The van der Waals surface area contributed by atoms with Gasteiger partial charge in [-0.2, -0.15) is 0 Å². The molecule has 0 aliphatic heterocycles. The van der Waals surface area contributed by atoms with Gasteiger partial charge in [-0.1, -0.05) is 50.7 Å². The Kier molecular flexibility index (Phi) is 4.95. The summed E-state index contributed by atoms with van der Waals surface area (Å²) < 4.78 is 27.7. The van der Waals surface area contributed by atoms with Crippen LogP contribution in [0.4, 0.5) is 11.4 Å². The van der Waals surface area contributed by atoms with Crippen molar-refractivity contribution in [3.8, 4) is 0 Å². The van der Waals surface area contributed by atoms with E-state index in [9.17, 15) is 8.42 Å². The molecule has 0 saturated carbocycles. The molecule has 0 aliphatic carbocycles. The minimum absolute atomic E-state index is 0.00607. The standard InChI is InChI=1S/C12H8BrCl3N2O2S/c13-6-3-9(15)12(10(16)4-6)21(19,20)18-11-2-1-7(17)5-8(11)14/h1-5,18H,17H2. The van der Waals surface area contributed by atoms with Crippen LogP contribution < -0.4 is 10.5 Å². The molecule has 0 aliphatic rings. The minimum atomic E-state index is -3.99. The maximum Gasteiger partial charge on any atom is 0.264 e. The van der Waals surface area contributed by atoms with Gasteiger partial charge in [-0.15, -0.1) is 0 Å². The van der Waals surface area contributed by atoms with Crippen LogP contribution in [-0.4, -0.2) is 8.42 Å². The molecule has 0 heterocycles. The van der Waals surface area contributed by atoms with Crippen LogP contribution in [0.3, 0.4) is 0 Å². The Balaban J connectivity index is 2.48. The Labute approximate surface area is 145 Å². The number of halogens is 4. The van der Waals surface area contributed by atoms with Crippen molar-refractivity contribution in [1.82, 2.24) is 0 Å². The van der Waals surface area contributed by atoms with Gasteiger partial charge in [0, 0.05) is 10.2 Å². The quantitative estimate of drug-likeness (QED) is 0.688. The fourth-order valence-corrected chi connectivity index (χ4v) is 4.91. The summed E-state index contributed by atoms with van der Waals surface area (Å²) in [6.45, 7) is 0. The number of sulfonamides is 1. The van der Waals surface area contributed by atoms with E-state index in [1.807, 2.05) is 0 Å². The second-order valence-corrected chi connectivity index (χ2v) is 7.80. The summed E-state index contributed by atoms with van der Waals surface area (Å²) >= 11 is 21.1. The lowest BCUT2D eigenvalue weighted by molar-refractivity contribution is 0.601. The van der Waals surface area contributed by atoms with E-state index in [1.54, 1.807) is 0 Å². The Morgan fingerprint density at radius 2 is 1.57 bits per heavy atom. The van der Waals surface area contributed by atoms with Crippen molar-refractivity contribution in [3.63, 3.8) is 0 Å². The molecular formula is C12H8BrCl3N2O2S. The first-order chi connectivity index (χ1) is 9.70. The molecule has 2 aromatic carbocycles. The summed E-state index contributed by atoms with van der Waals surface area (Å²) in [7, 11) is -3.99. The number of hydrogen-bond donors (Lipinski definition) is 2. The van der Waals surface area contributed by atoms with Gasteiger partial charge in [0.2, 0.25) is 0 Å². The maximum atomic E-state index is 12.4. The van der Waals surface area contributed by atoms with Crippen LogP contribution in [0.1, 0.15) is 0 Å². The monoisotopic (exact) mass is 428 g/mol. The molecule has 0 bridgehead atoms. The zero-order chi connectivity index (χ0) is 15.8. The van der Waals surface area contributed by atoms with Gasteiger partial charge in [0.25, 0.3) is 10.0 Å². The lowest BCUT2D eigenvalue weighted by atomic mass is 10.3. The topological polar surface area (TPSA) is 72.2 Å². The van der Waals surface area contributed by atoms with Gasteiger partial charge >= 0.3 is 0 Å². The third-order valence-electron chi connectivity index (χ3n) is 2.47. The molecule has 0 atom stereocenters. The average Bonchev–Trinajstić information content (AvgIpc) is 2.30. The molecule has 3 N–H and O–H groups in total. The van der Waals surface area contributed by atoms with Gasteiger partial charge in [-0.25, -0.2) is 8.42 Å². The van der Waals surface area contributed by atoms with Gasteiger partial charge in [-0.3, -0.25) is 4.72 Å². The predicted molar refractivity (Wildman–Crippen MR) is 90.8 cm³/mol. The predicted octanol–water partition coefficient (Wildman–Crippen LogP) is 4.79. The molecule has 9 heteroatoms. The van der Waals surface area contributed by atoms with Gasteiger partial charge in [-0.05, 0) is 30.3 Å². The highest BCUT2D eigenvalue weighted by Gasteiger charge is 2.23. The van der Waals surface area contributed by atoms with Crippen molar-refractivity contribution in [1.29, 1.82) is 0 Å². The van der Waals surface area contributed by atoms with Crippen molar-refractivity contribution in [3.05, 3.63) is 49.9 Å². The highest BCUT2D eigenvalue weighted by Crippen LogP contribution is 2.35. The maximum absolute atomic E-state index is 12.4. The van der Waals surface area contributed by atoms with Crippen molar-refractivity contribution in [2.45, 2.75) is 4.90 Å². The Morgan fingerprint density at radius 3 is 2.10 bits per heavy atom. The van der Waals surface area contributed by atoms with E-state index in [1.165, 1.54) is 30.3 Å². The van der Waals surface area contributed by atoms with Crippen LogP contribution in [0.2, 0.25) is 15.1 Å². The highest BCUT2D eigenvalue weighted by atomic mass is 79.9. The molecule has 4 nitrogen and oxygen atoms in total. The molecule has 0 amide bonds. The highest BCUT2D eigenvalue weighted by molar-refractivity contribution is 9.10. The van der Waals surface area contributed by atoms with Crippen LogP contribution in [0.5, 0.6) is 0 Å². The van der Waals surface area contributed by atoms with Crippen LogP contribution in [-0.2, 0) is 10.0 Å². The molecule has 2 aromatic rings. The molecule has 0 aromatic heterocycles. The summed E-state index contributed by atoms with van der Waals surface area (Å²) in [5, 5.41) is 0.157. The minimum Gasteiger partial charge on any atom is -0.399 e. The number of nitrogen functional groups attached to an aromatic ring is 1.